The number of carbonyl (C=O) groups excluding carboxylic acids is 4. The highest BCUT2D eigenvalue weighted by atomic mass is 16.6. The maximum Gasteiger partial charge on any atom is 0.313 e. The SMILES string of the molecule is C=CCCC(=O)N(C)[C@@H](C)[C@@H](OC(=O)[C@@H]1[C@H]2C(=O)N([C@@H](CO)Cc3ccccc3)[C@H](C(=O)N(CC=C)CCCC)[C@]23CC[C@H]1O3)c1ccccc1. The Balaban J connectivity index is 1.51. The van der Waals surface area contributed by atoms with E-state index in [9.17, 15) is 24.3 Å². The highest BCUT2D eigenvalue weighted by Crippen LogP contribution is 2.59. The normalized spacial score (nSPS) is 25.1. The zero-order valence-electron chi connectivity index (χ0n) is 30.2. The molecule has 2 bridgehead atoms. The molecule has 2 aromatic carbocycles. The number of benzene rings is 2. The Kier molecular flexibility index (Phi) is 12.5. The molecule has 3 aliphatic heterocycles. The van der Waals surface area contributed by atoms with Crippen LogP contribution in [0.1, 0.15) is 69.6 Å². The Morgan fingerprint density at radius 3 is 2.41 bits per heavy atom. The molecular weight excluding hydrogens is 646 g/mol. The molecule has 0 aliphatic carbocycles. The lowest BCUT2D eigenvalue weighted by molar-refractivity contribution is -0.165. The minimum atomic E-state index is -1.26. The van der Waals surface area contributed by atoms with E-state index < -0.39 is 53.7 Å². The molecule has 0 unspecified atom stereocenters. The van der Waals surface area contributed by atoms with Crippen LogP contribution in [0.3, 0.4) is 0 Å². The topological polar surface area (TPSA) is 117 Å². The van der Waals surface area contributed by atoms with Crippen molar-refractivity contribution in [3.05, 3.63) is 97.1 Å². The lowest BCUT2D eigenvalue weighted by Gasteiger charge is -2.39. The Morgan fingerprint density at radius 2 is 1.78 bits per heavy atom. The van der Waals surface area contributed by atoms with Gasteiger partial charge in [0.2, 0.25) is 17.7 Å². The van der Waals surface area contributed by atoms with Gasteiger partial charge in [-0.25, -0.2) is 0 Å². The molecule has 3 amide bonds. The monoisotopic (exact) mass is 699 g/mol. The van der Waals surface area contributed by atoms with Crippen LogP contribution >= 0.6 is 0 Å². The average molecular weight is 700 g/mol. The summed E-state index contributed by atoms with van der Waals surface area (Å²) in [6.07, 6.45) is 5.59. The number of hydrogen-bond donors (Lipinski definition) is 1. The summed E-state index contributed by atoms with van der Waals surface area (Å²) in [5.74, 6) is -3.30. The fraction of sp³-hybridized carbons (Fsp3) is 0.512. The van der Waals surface area contributed by atoms with Gasteiger partial charge in [0.25, 0.3) is 0 Å². The molecule has 2 aromatic rings. The summed E-state index contributed by atoms with van der Waals surface area (Å²) in [5, 5.41) is 10.8. The standard InChI is InChI=1S/C41H53N3O7/c1-6-9-21-33(46)42(5)28(4)36(30-19-15-12-16-20-30)50-40(49)34-32-22-23-41(51-32)35(34)38(47)44(31(27-45)26-29-17-13-11-14-18-29)37(41)39(48)43(24-8-3)25-10-7-2/h6,8,11-20,28,31-32,34-37,45H,1,3,7,9-10,21-27H2,2,4-5H3/t28-,31+,32+,34-,35-,36+,37+,41-/m0/s1. The van der Waals surface area contributed by atoms with Crippen molar-refractivity contribution in [3.63, 3.8) is 0 Å². The van der Waals surface area contributed by atoms with Crippen LogP contribution in [0, 0.1) is 11.8 Å². The molecule has 0 aromatic heterocycles. The second kappa shape index (κ2) is 16.8. The summed E-state index contributed by atoms with van der Waals surface area (Å²) in [7, 11) is 1.69. The molecule has 5 rings (SSSR count). The number of hydrogen-bond acceptors (Lipinski definition) is 7. The van der Waals surface area contributed by atoms with Gasteiger partial charge in [-0.3, -0.25) is 19.2 Å². The molecule has 274 valence electrons. The molecule has 1 spiro atoms. The predicted octanol–water partition coefficient (Wildman–Crippen LogP) is 4.88. The second-order valence-electron chi connectivity index (χ2n) is 14.1. The lowest BCUT2D eigenvalue weighted by Crippen LogP contribution is -2.59. The van der Waals surface area contributed by atoms with E-state index in [0.717, 1.165) is 18.4 Å². The molecule has 10 nitrogen and oxygen atoms in total. The largest absolute Gasteiger partial charge is 0.455 e. The average Bonchev–Trinajstić information content (AvgIpc) is 3.80. The number of aliphatic hydroxyl groups is 1. The minimum absolute atomic E-state index is 0.106. The Labute approximate surface area is 302 Å². The van der Waals surface area contributed by atoms with Gasteiger partial charge in [-0.05, 0) is 50.2 Å². The van der Waals surface area contributed by atoms with Crippen LogP contribution in [0.2, 0.25) is 0 Å². The van der Waals surface area contributed by atoms with Crippen molar-refractivity contribution in [3.8, 4) is 0 Å². The van der Waals surface area contributed by atoms with E-state index in [1.54, 1.807) is 29.0 Å². The van der Waals surface area contributed by atoms with Crippen LogP contribution in [0.25, 0.3) is 0 Å². The van der Waals surface area contributed by atoms with Gasteiger partial charge in [0, 0.05) is 26.6 Å². The minimum Gasteiger partial charge on any atom is -0.455 e. The number of likely N-dealkylation sites (tertiary alicyclic amines) is 1. The lowest BCUT2D eigenvalue weighted by atomic mass is 9.70. The molecule has 1 N–H and O–H groups in total. The third kappa shape index (κ3) is 7.53. The van der Waals surface area contributed by atoms with Crippen LogP contribution in [0.15, 0.2) is 86.0 Å². The van der Waals surface area contributed by atoms with E-state index in [4.69, 9.17) is 9.47 Å². The summed E-state index contributed by atoms with van der Waals surface area (Å²) >= 11 is 0. The molecule has 10 heteroatoms. The van der Waals surface area contributed by atoms with Crippen molar-refractivity contribution >= 4 is 23.7 Å². The first kappa shape index (κ1) is 38.0. The number of rotatable bonds is 18. The fourth-order valence-corrected chi connectivity index (χ4v) is 8.26. The predicted molar refractivity (Wildman–Crippen MR) is 194 cm³/mol. The van der Waals surface area contributed by atoms with E-state index in [1.807, 2.05) is 67.6 Å². The molecule has 51 heavy (non-hydrogen) atoms. The van der Waals surface area contributed by atoms with Gasteiger partial charge < -0.3 is 29.3 Å². The van der Waals surface area contributed by atoms with Crippen molar-refractivity contribution < 1.29 is 33.8 Å². The van der Waals surface area contributed by atoms with Gasteiger partial charge in [-0.15, -0.1) is 13.2 Å². The first-order valence-electron chi connectivity index (χ1n) is 18.3. The second-order valence-corrected chi connectivity index (χ2v) is 14.1. The van der Waals surface area contributed by atoms with Crippen LogP contribution in [0.4, 0.5) is 0 Å². The first-order chi connectivity index (χ1) is 24.6. The molecule has 3 heterocycles. The van der Waals surface area contributed by atoms with Crippen molar-refractivity contribution in [1.82, 2.24) is 14.7 Å². The number of esters is 1. The summed E-state index contributed by atoms with van der Waals surface area (Å²) in [4.78, 5) is 61.9. The van der Waals surface area contributed by atoms with Gasteiger partial charge in [-0.2, -0.15) is 0 Å². The molecule has 0 saturated carbocycles. The molecule has 3 fully saturated rings. The van der Waals surface area contributed by atoms with E-state index in [-0.39, 0.29) is 30.7 Å². The van der Waals surface area contributed by atoms with Crippen molar-refractivity contribution in [1.29, 1.82) is 0 Å². The quantitative estimate of drug-likeness (QED) is 0.174. The van der Waals surface area contributed by atoms with Crippen LogP contribution in [0.5, 0.6) is 0 Å². The number of unbranched alkanes of at least 4 members (excludes halogenated alkanes) is 1. The van der Waals surface area contributed by atoms with Gasteiger partial charge >= 0.3 is 5.97 Å². The number of fused-ring (bicyclic) bond motifs is 1. The Morgan fingerprint density at radius 1 is 1.10 bits per heavy atom. The number of nitrogens with zero attached hydrogens (tertiary/aromatic N) is 3. The van der Waals surface area contributed by atoms with E-state index in [1.165, 1.54) is 4.90 Å². The smallest absolute Gasteiger partial charge is 0.313 e. The van der Waals surface area contributed by atoms with Gasteiger partial charge in [0.1, 0.15) is 17.7 Å². The summed E-state index contributed by atoms with van der Waals surface area (Å²) < 4.78 is 13.1. The zero-order valence-corrected chi connectivity index (χ0v) is 30.2. The molecular formula is C41H53N3O7. The third-order valence-corrected chi connectivity index (χ3v) is 11.0. The van der Waals surface area contributed by atoms with E-state index in [0.29, 0.717) is 44.3 Å². The van der Waals surface area contributed by atoms with Crippen molar-refractivity contribution in [2.45, 2.75) is 94.7 Å². The van der Waals surface area contributed by atoms with Crippen LogP contribution in [-0.4, -0.2) is 100 Å². The highest BCUT2D eigenvalue weighted by molar-refractivity contribution is 5.98. The number of amides is 3. The zero-order chi connectivity index (χ0) is 36.7. The van der Waals surface area contributed by atoms with Gasteiger partial charge in [0.15, 0.2) is 0 Å². The van der Waals surface area contributed by atoms with Crippen LogP contribution < -0.4 is 0 Å². The Bertz CT molecular complexity index is 1550. The number of ether oxygens (including phenoxy) is 2. The maximum absolute atomic E-state index is 14.8. The summed E-state index contributed by atoms with van der Waals surface area (Å²) in [6, 6.07) is 16.5. The Hall–Kier alpha value is -4.28. The highest BCUT2D eigenvalue weighted by Gasteiger charge is 2.75. The third-order valence-electron chi connectivity index (χ3n) is 11.0. The molecule has 0 radical (unpaired) electrons. The van der Waals surface area contributed by atoms with E-state index >= 15 is 0 Å². The summed E-state index contributed by atoms with van der Waals surface area (Å²) in [5.41, 5.74) is 0.364. The van der Waals surface area contributed by atoms with Gasteiger partial charge in [-0.1, -0.05) is 86.2 Å². The first-order valence-corrected chi connectivity index (χ1v) is 18.3. The fourth-order valence-electron chi connectivity index (χ4n) is 8.26. The number of aliphatic hydroxyl groups excluding tert-OH is 1. The number of allylic oxidation sites excluding steroid dienone is 1. The summed E-state index contributed by atoms with van der Waals surface area (Å²) in [6.45, 7) is 11.9. The van der Waals surface area contributed by atoms with Gasteiger partial charge in [0.05, 0.1) is 36.6 Å². The van der Waals surface area contributed by atoms with Crippen molar-refractivity contribution in [2.24, 2.45) is 11.8 Å². The number of carbonyl (C=O) groups is 4. The molecule has 3 saturated heterocycles. The molecule has 3 aliphatic rings. The van der Waals surface area contributed by atoms with Crippen molar-refractivity contribution in [2.75, 3.05) is 26.7 Å². The van der Waals surface area contributed by atoms with E-state index in [2.05, 4.69) is 20.1 Å². The maximum atomic E-state index is 14.8. The molecule has 8 atom stereocenters. The number of likely N-dealkylation sites (N-methyl/N-ethyl adjacent to an activating group) is 1. The van der Waals surface area contributed by atoms with Crippen LogP contribution in [-0.2, 0) is 35.1 Å².